The molecule has 190 valence electrons. The van der Waals surface area contributed by atoms with Gasteiger partial charge in [-0.3, -0.25) is 24.6 Å². The highest BCUT2D eigenvalue weighted by molar-refractivity contribution is 8.01. The highest BCUT2D eigenvalue weighted by Gasteiger charge is 2.21. The number of thioether (sulfide) groups is 1. The number of hydrogen-bond donors (Lipinski definition) is 2. The van der Waals surface area contributed by atoms with E-state index < -0.39 is 18.3 Å². The zero-order chi connectivity index (χ0) is 25.2. The summed E-state index contributed by atoms with van der Waals surface area (Å²) in [6.07, 6.45) is -0.518. The van der Waals surface area contributed by atoms with Gasteiger partial charge in [-0.05, 0) is 24.6 Å². The van der Waals surface area contributed by atoms with Crippen LogP contribution in [0, 0.1) is 0 Å². The minimum absolute atomic E-state index is 0.122. The zero-order valence-electron chi connectivity index (χ0n) is 18.9. The lowest BCUT2D eigenvalue weighted by molar-refractivity contribution is -0.145. The number of nitrogens with zero attached hydrogens (tertiary/aromatic N) is 3. The van der Waals surface area contributed by atoms with E-state index in [2.05, 4.69) is 25.7 Å². The van der Waals surface area contributed by atoms with Gasteiger partial charge in [-0.2, -0.15) is 0 Å². The average molecular weight is 563 g/mol. The molecular formula is C21H25Cl2N5O5S2. The van der Waals surface area contributed by atoms with Gasteiger partial charge in [0.05, 0.1) is 35.1 Å². The van der Waals surface area contributed by atoms with Crippen LogP contribution >= 0.6 is 46.3 Å². The highest BCUT2D eigenvalue weighted by Crippen LogP contribution is 2.26. The quantitative estimate of drug-likeness (QED) is 0.184. The van der Waals surface area contributed by atoms with E-state index >= 15 is 0 Å². The summed E-state index contributed by atoms with van der Waals surface area (Å²) in [5.41, 5.74) is 1.06. The van der Waals surface area contributed by atoms with Crippen LogP contribution in [0.15, 0.2) is 22.5 Å². The second-order valence-electron chi connectivity index (χ2n) is 7.47. The minimum atomic E-state index is -0.611. The SMILES string of the molecule is CCOC(=O)CC(=O)Nc1nnc(SCC(=O)NCC2CN(Cc3ccc(Cl)c(Cl)c3)CCO2)s1. The van der Waals surface area contributed by atoms with Crippen LogP contribution in [-0.2, 0) is 30.4 Å². The lowest BCUT2D eigenvalue weighted by atomic mass is 10.2. The van der Waals surface area contributed by atoms with E-state index in [1.165, 1.54) is 11.8 Å². The van der Waals surface area contributed by atoms with Crippen molar-refractivity contribution in [3.63, 3.8) is 0 Å². The number of morpholine rings is 1. The fraction of sp³-hybridized carbons (Fsp3) is 0.476. The van der Waals surface area contributed by atoms with Crippen molar-refractivity contribution in [1.82, 2.24) is 20.4 Å². The van der Waals surface area contributed by atoms with E-state index in [-0.39, 0.29) is 29.5 Å². The molecule has 2 N–H and O–H groups in total. The number of rotatable bonds is 11. The van der Waals surface area contributed by atoms with Crippen LogP contribution in [-0.4, -0.2) is 77.6 Å². The number of benzene rings is 1. The highest BCUT2D eigenvalue weighted by atomic mass is 35.5. The van der Waals surface area contributed by atoms with Crippen molar-refractivity contribution in [2.75, 3.05) is 43.9 Å². The van der Waals surface area contributed by atoms with Gasteiger partial charge in [-0.15, -0.1) is 10.2 Å². The standard InChI is InChI=1S/C21H25Cl2N5O5S2/c1-2-32-19(31)8-17(29)25-20-26-27-21(35-20)34-12-18(30)24-9-14-11-28(5-6-33-14)10-13-3-4-15(22)16(23)7-13/h3-4,7,14H,2,5-6,8-12H2,1H3,(H,24,30)(H,25,26,29). The van der Waals surface area contributed by atoms with Gasteiger partial charge in [0.15, 0.2) is 4.34 Å². The summed E-state index contributed by atoms with van der Waals surface area (Å²) in [6, 6.07) is 5.59. The molecule has 1 aromatic heterocycles. The Bertz CT molecular complexity index is 1040. The molecule has 1 atom stereocenters. The molecule has 2 aromatic rings. The number of nitrogens with one attached hydrogen (secondary N) is 2. The monoisotopic (exact) mass is 561 g/mol. The maximum Gasteiger partial charge on any atom is 0.315 e. The summed E-state index contributed by atoms with van der Waals surface area (Å²) in [5.74, 6) is -1.16. The Morgan fingerprint density at radius 3 is 2.86 bits per heavy atom. The van der Waals surface area contributed by atoms with Crippen LogP contribution < -0.4 is 10.6 Å². The van der Waals surface area contributed by atoms with Crippen molar-refractivity contribution in [3.8, 4) is 0 Å². The van der Waals surface area contributed by atoms with E-state index in [4.69, 9.17) is 32.7 Å². The molecule has 0 aliphatic carbocycles. The zero-order valence-corrected chi connectivity index (χ0v) is 22.1. The first kappa shape index (κ1) is 27.6. The normalized spacial score (nSPS) is 16.0. The third-order valence-corrected chi connectivity index (χ3v) is 7.44. The van der Waals surface area contributed by atoms with Crippen molar-refractivity contribution in [2.45, 2.75) is 30.3 Å². The van der Waals surface area contributed by atoms with Crippen LogP contribution in [0.1, 0.15) is 18.9 Å². The summed E-state index contributed by atoms with van der Waals surface area (Å²) in [4.78, 5) is 37.7. The lowest BCUT2D eigenvalue weighted by Gasteiger charge is -2.33. The van der Waals surface area contributed by atoms with E-state index in [0.29, 0.717) is 34.1 Å². The first-order valence-corrected chi connectivity index (χ1v) is 13.3. The molecule has 1 aliphatic rings. The molecule has 1 saturated heterocycles. The second kappa shape index (κ2) is 14.0. The summed E-state index contributed by atoms with van der Waals surface area (Å²) in [5, 5.41) is 14.5. The van der Waals surface area contributed by atoms with Crippen molar-refractivity contribution in [1.29, 1.82) is 0 Å². The van der Waals surface area contributed by atoms with Crippen LogP contribution in [0.4, 0.5) is 5.13 Å². The maximum absolute atomic E-state index is 12.3. The molecule has 1 aliphatic heterocycles. The smallest absolute Gasteiger partial charge is 0.315 e. The number of anilines is 1. The number of aromatic nitrogens is 2. The minimum Gasteiger partial charge on any atom is -0.466 e. The molecule has 0 spiro atoms. The maximum atomic E-state index is 12.3. The molecule has 1 fully saturated rings. The molecule has 0 bridgehead atoms. The molecule has 14 heteroatoms. The molecule has 1 aromatic carbocycles. The molecule has 1 unspecified atom stereocenters. The number of ether oxygens (including phenoxy) is 2. The molecule has 0 radical (unpaired) electrons. The fourth-order valence-corrected chi connectivity index (χ4v) is 5.09. The Labute approximate surface area is 221 Å². The van der Waals surface area contributed by atoms with Crippen LogP contribution in [0.2, 0.25) is 10.0 Å². The Kier molecular flexibility index (Phi) is 11.0. The third kappa shape index (κ3) is 9.54. The Morgan fingerprint density at radius 1 is 1.26 bits per heavy atom. The Morgan fingerprint density at radius 2 is 2.09 bits per heavy atom. The number of esters is 1. The van der Waals surface area contributed by atoms with Crippen molar-refractivity contribution in [2.24, 2.45) is 0 Å². The van der Waals surface area contributed by atoms with Crippen LogP contribution in [0.25, 0.3) is 0 Å². The summed E-state index contributed by atoms with van der Waals surface area (Å²) >= 11 is 14.4. The molecule has 2 heterocycles. The van der Waals surface area contributed by atoms with Crippen LogP contribution in [0.3, 0.4) is 0 Å². The first-order valence-electron chi connectivity index (χ1n) is 10.8. The summed E-state index contributed by atoms with van der Waals surface area (Å²) in [7, 11) is 0. The number of hydrogen-bond acceptors (Lipinski definition) is 10. The number of carbonyl (C=O) groups excluding carboxylic acids is 3. The molecule has 35 heavy (non-hydrogen) atoms. The predicted molar refractivity (Wildman–Crippen MR) is 135 cm³/mol. The van der Waals surface area contributed by atoms with Gasteiger partial charge < -0.3 is 14.8 Å². The van der Waals surface area contributed by atoms with E-state index in [9.17, 15) is 14.4 Å². The van der Waals surface area contributed by atoms with Crippen molar-refractivity contribution in [3.05, 3.63) is 33.8 Å². The molecule has 10 nitrogen and oxygen atoms in total. The number of amides is 2. The summed E-state index contributed by atoms with van der Waals surface area (Å²) < 4.78 is 11.0. The van der Waals surface area contributed by atoms with Gasteiger partial charge in [-0.25, -0.2) is 0 Å². The lowest BCUT2D eigenvalue weighted by Crippen LogP contribution is -2.47. The van der Waals surface area contributed by atoms with E-state index in [1.807, 2.05) is 12.1 Å². The first-order chi connectivity index (χ1) is 16.8. The fourth-order valence-electron chi connectivity index (χ4n) is 3.17. The predicted octanol–water partition coefficient (Wildman–Crippen LogP) is 2.85. The van der Waals surface area contributed by atoms with Crippen LogP contribution in [0.5, 0.6) is 0 Å². The van der Waals surface area contributed by atoms with Gasteiger partial charge in [-0.1, -0.05) is 52.4 Å². The largest absolute Gasteiger partial charge is 0.466 e. The van der Waals surface area contributed by atoms with Crippen molar-refractivity contribution >= 4 is 69.2 Å². The number of carbonyl (C=O) groups is 3. The molecular weight excluding hydrogens is 537 g/mol. The Hall–Kier alpha value is -1.96. The molecule has 2 amide bonds. The van der Waals surface area contributed by atoms with Crippen molar-refractivity contribution < 1.29 is 23.9 Å². The van der Waals surface area contributed by atoms with Gasteiger partial charge in [0, 0.05) is 26.2 Å². The average Bonchev–Trinajstić information content (AvgIpc) is 3.26. The molecule has 0 saturated carbocycles. The van der Waals surface area contributed by atoms with E-state index in [0.717, 1.165) is 30.0 Å². The summed E-state index contributed by atoms with van der Waals surface area (Å²) in [6.45, 7) is 5.02. The van der Waals surface area contributed by atoms with E-state index in [1.54, 1.807) is 13.0 Å². The number of halogens is 2. The Balaban J connectivity index is 1.36. The van der Waals surface area contributed by atoms with Gasteiger partial charge in [0.2, 0.25) is 16.9 Å². The van der Waals surface area contributed by atoms with Gasteiger partial charge >= 0.3 is 5.97 Å². The van der Waals surface area contributed by atoms with Gasteiger partial charge in [0.25, 0.3) is 0 Å². The molecule has 3 rings (SSSR count). The third-order valence-electron chi connectivity index (χ3n) is 4.73. The second-order valence-corrected chi connectivity index (χ2v) is 10.5. The van der Waals surface area contributed by atoms with Gasteiger partial charge in [0.1, 0.15) is 6.42 Å². The topological polar surface area (TPSA) is 123 Å².